The van der Waals surface area contributed by atoms with Gasteiger partial charge in [-0.2, -0.15) is 0 Å². The number of likely N-dealkylation sites (N-methyl/N-ethyl adjacent to an activating group) is 1. The number of para-hydroxylation sites is 2. The van der Waals surface area contributed by atoms with Crippen molar-refractivity contribution in [1.29, 1.82) is 0 Å². The minimum absolute atomic E-state index is 0.151. The predicted molar refractivity (Wildman–Crippen MR) is 88.1 cm³/mol. The zero-order valence-corrected chi connectivity index (χ0v) is 13.2. The second-order valence-electron chi connectivity index (χ2n) is 5.11. The highest BCUT2D eigenvalue weighted by molar-refractivity contribution is 6.30. The highest BCUT2D eigenvalue weighted by Gasteiger charge is 2.33. The van der Waals surface area contributed by atoms with Crippen LogP contribution in [-0.4, -0.2) is 31.5 Å². The van der Waals surface area contributed by atoms with Crippen molar-refractivity contribution in [3.05, 3.63) is 59.1 Å². The topological polar surface area (TPSA) is 58.6 Å². The summed E-state index contributed by atoms with van der Waals surface area (Å²) < 4.78 is 5.69. The lowest BCUT2D eigenvalue weighted by Gasteiger charge is -2.34. The summed E-state index contributed by atoms with van der Waals surface area (Å²) in [6, 6.07) is 13.8. The van der Waals surface area contributed by atoms with Crippen LogP contribution in [0.5, 0.6) is 5.75 Å². The van der Waals surface area contributed by atoms with Crippen molar-refractivity contribution in [3.63, 3.8) is 0 Å². The summed E-state index contributed by atoms with van der Waals surface area (Å²) in [5.74, 6) is 0.0365. The standard InChI is InChI=1S/C17H15ClN2O3/c1-19-16(21)15-10-20(13-4-2-3-5-14(13)23-15)17(22)11-6-8-12(18)9-7-11/h2-9,15H,10H2,1H3,(H,19,21)/t15-/m1/s1. The maximum Gasteiger partial charge on any atom is 0.262 e. The monoisotopic (exact) mass is 330 g/mol. The van der Waals surface area contributed by atoms with Crippen LogP contribution in [0, 0.1) is 0 Å². The summed E-state index contributed by atoms with van der Waals surface area (Å²) in [5.41, 5.74) is 1.15. The lowest BCUT2D eigenvalue weighted by atomic mass is 10.1. The summed E-state index contributed by atoms with van der Waals surface area (Å²) in [5, 5.41) is 3.12. The molecule has 0 unspecified atom stereocenters. The third-order valence-corrected chi connectivity index (χ3v) is 3.90. The molecule has 0 saturated heterocycles. The Morgan fingerprint density at radius 1 is 1.17 bits per heavy atom. The molecule has 0 spiro atoms. The molecule has 1 aliphatic rings. The first-order valence-corrected chi connectivity index (χ1v) is 7.52. The smallest absolute Gasteiger partial charge is 0.262 e. The molecule has 3 rings (SSSR count). The number of fused-ring (bicyclic) bond motifs is 1. The van der Waals surface area contributed by atoms with Gasteiger partial charge in [0.25, 0.3) is 11.8 Å². The lowest BCUT2D eigenvalue weighted by Crippen LogP contribution is -2.50. The first kappa shape index (κ1) is 15.4. The lowest BCUT2D eigenvalue weighted by molar-refractivity contribution is -0.127. The molecule has 2 aromatic rings. The molecule has 5 nitrogen and oxygen atoms in total. The van der Waals surface area contributed by atoms with Gasteiger partial charge in [-0.05, 0) is 36.4 Å². The maximum absolute atomic E-state index is 12.8. The molecule has 6 heteroatoms. The number of hydrogen-bond acceptors (Lipinski definition) is 3. The average Bonchev–Trinajstić information content (AvgIpc) is 2.60. The SMILES string of the molecule is CNC(=O)[C@H]1CN(C(=O)c2ccc(Cl)cc2)c2ccccc2O1. The molecule has 118 valence electrons. The number of nitrogens with one attached hydrogen (secondary N) is 1. The van der Waals surface area contributed by atoms with Crippen molar-refractivity contribution in [3.8, 4) is 5.75 Å². The highest BCUT2D eigenvalue weighted by Crippen LogP contribution is 2.34. The molecular weight excluding hydrogens is 316 g/mol. The van der Waals surface area contributed by atoms with Gasteiger partial charge >= 0.3 is 0 Å². The molecule has 1 N–H and O–H groups in total. The second-order valence-corrected chi connectivity index (χ2v) is 5.55. The summed E-state index contributed by atoms with van der Waals surface area (Å²) in [4.78, 5) is 26.3. The summed E-state index contributed by atoms with van der Waals surface area (Å²) in [7, 11) is 1.54. The number of nitrogens with zero attached hydrogens (tertiary/aromatic N) is 1. The first-order valence-electron chi connectivity index (χ1n) is 7.15. The minimum Gasteiger partial charge on any atom is -0.477 e. The molecule has 0 aromatic heterocycles. The molecule has 0 radical (unpaired) electrons. The molecule has 2 amide bonds. The van der Waals surface area contributed by atoms with Gasteiger partial charge in [-0.15, -0.1) is 0 Å². The molecule has 1 heterocycles. The van der Waals surface area contributed by atoms with Crippen LogP contribution in [0.15, 0.2) is 48.5 Å². The van der Waals surface area contributed by atoms with Crippen LogP contribution in [0.4, 0.5) is 5.69 Å². The van der Waals surface area contributed by atoms with Gasteiger partial charge in [0.1, 0.15) is 5.75 Å². The van der Waals surface area contributed by atoms with Crippen LogP contribution in [0.3, 0.4) is 0 Å². The van der Waals surface area contributed by atoms with E-state index in [9.17, 15) is 9.59 Å². The number of carbonyl (C=O) groups excluding carboxylic acids is 2. The van der Waals surface area contributed by atoms with Gasteiger partial charge in [0.2, 0.25) is 0 Å². The van der Waals surface area contributed by atoms with E-state index in [1.54, 1.807) is 47.4 Å². The zero-order chi connectivity index (χ0) is 16.4. The van der Waals surface area contributed by atoms with E-state index < -0.39 is 6.10 Å². The fourth-order valence-electron chi connectivity index (χ4n) is 2.47. The van der Waals surface area contributed by atoms with Crippen molar-refractivity contribution in [1.82, 2.24) is 5.32 Å². The normalized spacial score (nSPS) is 16.3. The van der Waals surface area contributed by atoms with E-state index in [-0.39, 0.29) is 18.4 Å². The van der Waals surface area contributed by atoms with E-state index in [1.807, 2.05) is 6.07 Å². The quantitative estimate of drug-likeness (QED) is 0.920. The van der Waals surface area contributed by atoms with Crippen LogP contribution >= 0.6 is 11.6 Å². The number of carbonyl (C=O) groups is 2. The molecule has 0 bridgehead atoms. The van der Waals surface area contributed by atoms with Gasteiger partial charge in [-0.1, -0.05) is 23.7 Å². The van der Waals surface area contributed by atoms with Crippen LogP contribution < -0.4 is 15.0 Å². The Morgan fingerprint density at radius 3 is 2.57 bits per heavy atom. The summed E-state index contributed by atoms with van der Waals surface area (Å²) >= 11 is 5.87. The number of rotatable bonds is 2. The predicted octanol–water partition coefficient (Wildman–Crippen LogP) is 2.49. The van der Waals surface area contributed by atoms with Crippen molar-refractivity contribution >= 4 is 29.1 Å². The number of amides is 2. The van der Waals surface area contributed by atoms with E-state index >= 15 is 0 Å². The Labute approximate surface area is 138 Å². The summed E-state index contributed by atoms with van der Waals surface area (Å²) in [6.45, 7) is 0.151. The summed E-state index contributed by atoms with van der Waals surface area (Å²) in [6.07, 6.45) is -0.744. The van der Waals surface area contributed by atoms with Crippen LogP contribution in [-0.2, 0) is 4.79 Å². The molecule has 1 atom stereocenters. The van der Waals surface area contributed by atoms with Gasteiger partial charge < -0.3 is 15.0 Å². The molecular formula is C17H15ClN2O3. The third-order valence-electron chi connectivity index (χ3n) is 3.65. The fourth-order valence-corrected chi connectivity index (χ4v) is 2.60. The Bertz CT molecular complexity index is 746. The number of anilines is 1. The van der Waals surface area contributed by atoms with Crippen LogP contribution in [0.1, 0.15) is 10.4 Å². The highest BCUT2D eigenvalue weighted by atomic mass is 35.5. The van der Waals surface area contributed by atoms with E-state index in [4.69, 9.17) is 16.3 Å². The zero-order valence-electron chi connectivity index (χ0n) is 12.5. The molecule has 0 saturated carbocycles. The largest absolute Gasteiger partial charge is 0.477 e. The third kappa shape index (κ3) is 3.00. The number of ether oxygens (including phenoxy) is 1. The number of benzene rings is 2. The molecule has 2 aromatic carbocycles. The Kier molecular flexibility index (Phi) is 4.21. The Hall–Kier alpha value is -2.53. The van der Waals surface area contributed by atoms with Crippen molar-refractivity contribution in [2.45, 2.75) is 6.10 Å². The second kappa shape index (κ2) is 6.30. The van der Waals surface area contributed by atoms with E-state index in [0.717, 1.165) is 0 Å². The maximum atomic E-state index is 12.8. The van der Waals surface area contributed by atoms with Crippen molar-refractivity contribution in [2.24, 2.45) is 0 Å². The van der Waals surface area contributed by atoms with Gasteiger partial charge in [-0.3, -0.25) is 9.59 Å². The van der Waals surface area contributed by atoms with E-state index in [2.05, 4.69) is 5.32 Å². The van der Waals surface area contributed by atoms with Crippen molar-refractivity contribution in [2.75, 3.05) is 18.5 Å². The molecule has 1 aliphatic heterocycles. The van der Waals surface area contributed by atoms with Crippen molar-refractivity contribution < 1.29 is 14.3 Å². The van der Waals surface area contributed by atoms with Gasteiger partial charge in [0, 0.05) is 17.6 Å². The van der Waals surface area contributed by atoms with E-state index in [0.29, 0.717) is 22.0 Å². The van der Waals surface area contributed by atoms with E-state index in [1.165, 1.54) is 7.05 Å². The van der Waals surface area contributed by atoms with Gasteiger partial charge in [-0.25, -0.2) is 0 Å². The van der Waals surface area contributed by atoms with Gasteiger partial charge in [0.15, 0.2) is 6.10 Å². The Balaban J connectivity index is 1.97. The molecule has 23 heavy (non-hydrogen) atoms. The van der Waals surface area contributed by atoms with Crippen LogP contribution in [0.25, 0.3) is 0 Å². The Morgan fingerprint density at radius 2 is 1.87 bits per heavy atom. The van der Waals surface area contributed by atoms with Crippen LogP contribution in [0.2, 0.25) is 5.02 Å². The fraction of sp³-hybridized carbons (Fsp3) is 0.176. The average molecular weight is 331 g/mol. The molecule has 0 fully saturated rings. The first-order chi connectivity index (χ1) is 11.1. The molecule has 0 aliphatic carbocycles. The number of halogens is 1. The minimum atomic E-state index is -0.744. The number of hydrogen-bond donors (Lipinski definition) is 1. The van der Waals surface area contributed by atoms with Gasteiger partial charge in [0.05, 0.1) is 12.2 Å².